The molecule has 11 rings (SSSR count). The monoisotopic (exact) mass is 726 g/mol. The van der Waals surface area contributed by atoms with Gasteiger partial charge in [0.1, 0.15) is 11.2 Å². The summed E-state index contributed by atoms with van der Waals surface area (Å²) < 4.78 is 6.19. The highest BCUT2D eigenvalue weighted by atomic mass is 16.3. The number of furan rings is 1. The van der Waals surface area contributed by atoms with Crippen LogP contribution < -0.4 is 0 Å². The van der Waals surface area contributed by atoms with Gasteiger partial charge < -0.3 is 4.42 Å². The summed E-state index contributed by atoms with van der Waals surface area (Å²) in [5, 5.41) is 7.23. The molecule has 0 amide bonds. The maximum Gasteiger partial charge on any atom is 0.160 e. The number of rotatable bonds is 6. The van der Waals surface area contributed by atoms with E-state index in [1.807, 2.05) is 18.2 Å². The molecular weight excluding hydrogens is 693 g/mol. The van der Waals surface area contributed by atoms with Crippen molar-refractivity contribution in [1.82, 2.24) is 9.97 Å². The Balaban J connectivity index is 1.04. The third-order valence-corrected chi connectivity index (χ3v) is 11.1. The van der Waals surface area contributed by atoms with Crippen molar-refractivity contribution in [2.45, 2.75) is 0 Å². The molecular formula is C54H34N2O. The molecule has 0 unspecified atom stereocenters. The number of hydrogen-bond acceptors (Lipinski definition) is 3. The molecule has 0 atom stereocenters. The van der Waals surface area contributed by atoms with Gasteiger partial charge in [-0.15, -0.1) is 0 Å². The zero-order valence-electron chi connectivity index (χ0n) is 30.9. The van der Waals surface area contributed by atoms with E-state index in [1.165, 1.54) is 27.1 Å². The number of hydrogen-bond donors (Lipinski definition) is 0. The van der Waals surface area contributed by atoms with Crippen LogP contribution in [0.1, 0.15) is 0 Å². The van der Waals surface area contributed by atoms with Crippen LogP contribution in [0.15, 0.2) is 211 Å². The van der Waals surface area contributed by atoms with Crippen LogP contribution in [0.2, 0.25) is 0 Å². The van der Waals surface area contributed by atoms with Crippen LogP contribution in [0.25, 0.3) is 111 Å². The van der Waals surface area contributed by atoms with Crippen molar-refractivity contribution in [3.63, 3.8) is 0 Å². The van der Waals surface area contributed by atoms with E-state index >= 15 is 0 Å². The van der Waals surface area contributed by atoms with Gasteiger partial charge in [-0.05, 0) is 103 Å². The SMILES string of the molecule is c1ccc(-c2cc(-c3ccc4oc5ccccc5c4c3)cc(-c3cc(-c4ccccc4)nc(-c4ccc(-c5ccc6ccc7ccccc7c6c5)cc4)n3)c2)cc1. The smallest absolute Gasteiger partial charge is 0.160 e. The minimum absolute atomic E-state index is 0.681. The first-order valence-electron chi connectivity index (χ1n) is 19.3. The number of fused-ring (bicyclic) bond motifs is 6. The Morgan fingerprint density at radius 2 is 0.754 bits per heavy atom. The van der Waals surface area contributed by atoms with E-state index in [2.05, 4.69) is 188 Å². The Hall–Kier alpha value is -7.62. The molecule has 0 aliphatic heterocycles. The summed E-state index contributed by atoms with van der Waals surface area (Å²) in [6, 6.07) is 72.9. The minimum atomic E-state index is 0.681. The zero-order chi connectivity index (χ0) is 37.7. The van der Waals surface area contributed by atoms with Crippen molar-refractivity contribution in [3.8, 4) is 67.3 Å². The second-order valence-corrected chi connectivity index (χ2v) is 14.6. The van der Waals surface area contributed by atoms with Gasteiger partial charge in [-0.2, -0.15) is 0 Å². The molecule has 2 heterocycles. The molecule has 0 N–H and O–H groups in total. The summed E-state index contributed by atoms with van der Waals surface area (Å²) in [4.78, 5) is 10.5. The molecule has 57 heavy (non-hydrogen) atoms. The third-order valence-electron chi connectivity index (χ3n) is 11.1. The maximum atomic E-state index is 6.19. The van der Waals surface area contributed by atoms with Crippen molar-refractivity contribution >= 4 is 43.5 Å². The van der Waals surface area contributed by atoms with E-state index in [0.29, 0.717) is 5.82 Å². The van der Waals surface area contributed by atoms with Crippen LogP contribution in [0.4, 0.5) is 0 Å². The largest absolute Gasteiger partial charge is 0.456 e. The molecule has 2 aromatic heterocycles. The van der Waals surface area contributed by atoms with E-state index in [-0.39, 0.29) is 0 Å². The van der Waals surface area contributed by atoms with Crippen LogP contribution in [0.5, 0.6) is 0 Å². The highest BCUT2D eigenvalue weighted by Gasteiger charge is 2.15. The van der Waals surface area contributed by atoms with E-state index in [4.69, 9.17) is 14.4 Å². The van der Waals surface area contributed by atoms with E-state index in [9.17, 15) is 0 Å². The van der Waals surface area contributed by atoms with Crippen molar-refractivity contribution in [2.75, 3.05) is 0 Å². The van der Waals surface area contributed by atoms with Crippen molar-refractivity contribution < 1.29 is 4.42 Å². The highest BCUT2D eigenvalue weighted by molar-refractivity contribution is 6.09. The molecule has 9 aromatic carbocycles. The summed E-state index contributed by atoms with van der Waals surface area (Å²) in [5.74, 6) is 0.681. The fourth-order valence-corrected chi connectivity index (χ4v) is 8.12. The topological polar surface area (TPSA) is 38.9 Å². The van der Waals surface area contributed by atoms with Gasteiger partial charge in [-0.25, -0.2) is 9.97 Å². The van der Waals surface area contributed by atoms with E-state index < -0.39 is 0 Å². The second-order valence-electron chi connectivity index (χ2n) is 14.6. The van der Waals surface area contributed by atoms with Crippen LogP contribution in [-0.2, 0) is 0 Å². The van der Waals surface area contributed by atoms with Crippen molar-refractivity contribution in [3.05, 3.63) is 206 Å². The molecule has 0 saturated heterocycles. The molecule has 11 aromatic rings. The summed E-state index contributed by atoms with van der Waals surface area (Å²) in [6.45, 7) is 0. The van der Waals surface area contributed by atoms with E-state index in [0.717, 1.165) is 77.8 Å². The predicted octanol–water partition coefficient (Wildman–Crippen LogP) is 14.7. The van der Waals surface area contributed by atoms with Crippen LogP contribution in [0.3, 0.4) is 0 Å². The number of para-hydroxylation sites is 1. The van der Waals surface area contributed by atoms with Gasteiger partial charge in [0.15, 0.2) is 5.82 Å². The Morgan fingerprint density at radius 1 is 0.263 bits per heavy atom. The first kappa shape index (κ1) is 32.8. The lowest BCUT2D eigenvalue weighted by molar-refractivity contribution is 0.669. The first-order valence-corrected chi connectivity index (χ1v) is 19.3. The quantitative estimate of drug-likeness (QED) is 0.160. The molecule has 3 heteroatoms. The lowest BCUT2D eigenvalue weighted by Gasteiger charge is -2.13. The van der Waals surface area contributed by atoms with Crippen LogP contribution in [0, 0.1) is 0 Å². The molecule has 3 nitrogen and oxygen atoms in total. The second kappa shape index (κ2) is 13.6. The maximum absolute atomic E-state index is 6.19. The Bertz CT molecular complexity index is 3270. The highest BCUT2D eigenvalue weighted by Crippen LogP contribution is 2.38. The minimum Gasteiger partial charge on any atom is -0.456 e. The van der Waals surface area contributed by atoms with Crippen molar-refractivity contribution in [2.24, 2.45) is 0 Å². The lowest BCUT2D eigenvalue weighted by Crippen LogP contribution is -1.96. The fourth-order valence-electron chi connectivity index (χ4n) is 8.12. The standard InChI is InChI=1S/C54H34N2O/c1-3-11-35(12-4-1)43-29-44(42-27-28-53-49(33-42)47-17-9-10-18-52(47)57-53)31-45(30-43)51-34-50(39-14-5-2-6-15-39)55-54(56-51)40-24-19-36(20-25-40)41-26-23-38-22-21-37-13-7-8-16-46(37)48(38)32-41/h1-34H. The Labute approximate surface area is 330 Å². The molecule has 0 bridgehead atoms. The van der Waals surface area contributed by atoms with Gasteiger partial charge >= 0.3 is 0 Å². The van der Waals surface area contributed by atoms with Gasteiger partial charge in [0, 0.05) is 27.5 Å². The van der Waals surface area contributed by atoms with Gasteiger partial charge in [-0.1, -0.05) is 158 Å². The average Bonchev–Trinajstić information content (AvgIpc) is 3.67. The molecule has 0 spiro atoms. The molecule has 0 aliphatic rings. The predicted molar refractivity (Wildman–Crippen MR) is 237 cm³/mol. The summed E-state index contributed by atoms with van der Waals surface area (Å²) in [5.41, 5.74) is 13.3. The summed E-state index contributed by atoms with van der Waals surface area (Å²) in [6.07, 6.45) is 0. The summed E-state index contributed by atoms with van der Waals surface area (Å²) in [7, 11) is 0. The lowest BCUT2D eigenvalue weighted by atomic mass is 9.94. The molecule has 266 valence electrons. The number of nitrogens with zero attached hydrogens (tertiary/aromatic N) is 2. The number of aromatic nitrogens is 2. The molecule has 0 aliphatic carbocycles. The zero-order valence-corrected chi connectivity index (χ0v) is 30.9. The van der Waals surface area contributed by atoms with Gasteiger partial charge in [0.05, 0.1) is 11.4 Å². The third kappa shape index (κ3) is 6.03. The Morgan fingerprint density at radius 3 is 1.54 bits per heavy atom. The average molecular weight is 727 g/mol. The molecule has 0 fully saturated rings. The van der Waals surface area contributed by atoms with Gasteiger partial charge in [0.2, 0.25) is 0 Å². The number of benzene rings is 9. The molecule has 0 saturated carbocycles. The van der Waals surface area contributed by atoms with Crippen molar-refractivity contribution in [1.29, 1.82) is 0 Å². The van der Waals surface area contributed by atoms with Gasteiger partial charge in [0.25, 0.3) is 0 Å². The molecule has 0 radical (unpaired) electrons. The first-order chi connectivity index (χ1) is 28.2. The Kier molecular flexibility index (Phi) is 7.82. The van der Waals surface area contributed by atoms with Crippen LogP contribution in [-0.4, -0.2) is 9.97 Å². The van der Waals surface area contributed by atoms with E-state index in [1.54, 1.807) is 0 Å². The normalized spacial score (nSPS) is 11.5. The summed E-state index contributed by atoms with van der Waals surface area (Å²) >= 11 is 0. The van der Waals surface area contributed by atoms with Crippen LogP contribution >= 0.6 is 0 Å². The van der Waals surface area contributed by atoms with Gasteiger partial charge in [-0.3, -0.25) is 0 Å². The fraction of sp³-hybridized carbons (Fsp3) is 0.